The smallest absolute Gasteiger partial charge is 0.329 e. The largest absolute Gasteiger partial charge is 0.416 e. The Balaban J connectivity index is 0.000000199. The van der Waals surface area contributed by atoms with E-state index in [2.05, 4.69) is 59.3 Å². The molecule has 2 heterocycles. The Morgan fingerprint density at radius 2 is 1.83 bits per heavy atom. The zero-order chi connectivity index (χ0) is 25.6. The summed E-state index contributed by atoms with van der Waals surface area (Å²) in [7, 11) is 0. The number of nitrogens with one attached hydrogen (secondary N) is 1. The molecule has 1 amide bonds. The summed E-state index contributed by atoms with van der Waals surface area (Å²) in [6.45, 7) is 7.52. The maximum Gasteiger partial charge on any atom is 0.416 e. The molecule has 0 aliphatic carbocycles. The summed E-state index contributed by atoms with van der Waals surface area (Å²) in [5.74, 6) is 6.12. The predicted octanol–water partition coefficient (Wildman–Crippen LogP) is 6.14. The third-order valence-electron chi connectivity index (χ3n) is 5.20. The van der Waals surface area contributed by atoms with Gasteiger partial charge in [-0.2, -0.15) is 18.3 Å². The van der Waals surface area contributed by atoms with E-state index in [4.69, 9.17) is 0 Å². The van der Waals surface area contributed by atoms with Crippen molar-refractivity contribution in [2.45, 2.75) is 39.8 Å². The summed E-state index contributed by atoms with van der Waals surface area (Å²) in [5.41, 5.74) is 4.73. The number of halogens is 3. The van der Waals surface area contributed by atoms with E-state index in [1.54, 1.807) is 30.8 Å². The van der Waals surface area contributed by atoms with Gasteiger partial charge in [-0.05, 0) is 72.7 Å². The van der Waals surface area contributed by atoms with Crippen LogP contribution in [0.4, 0.5) is 18.9 Å². The summed E-state index contributed by atoms with van der Waals surface area (Å²) in [6.07, 6.45) is -0.567. The van der Waals surface area contributed by atoms with Gasteiger partial charge in [0.1, 0.15) is 5.69 Å². The Morgan fingerprint density at radius 1 is 1.06 bits per heavy atom. The minimum absolute atomic E-state index is 0.145. The second-order valence-electron chi connectivity index (χ2n) is 8.22. The van der Waals surface area contributed by atoms with Crippen LogP contribution >= 0.6 is 0 Å². The first-order chi connectivity index (χ1) is 16.6. The highest BCUT2D eigenvalue weighted by atomic mass is 19.4. The van der Waals surface area contributed by atoms with Crippen LogP contribution in [-0.2, 0) is 11.0 Å². The van der Waals surface area contributed by atoms with Crippen LogP contribution in [0.1, 0.15) is 53.3 Å². The highest BCUT2D eigenvalue weighted by molar-refractivity contribution is 5.71. The van der Waals surface area contributed by atoms with Crippen molar-refractivity contribution in [3.8, 4) is 11.8 Å². The third kappa shape index (κ3) is 6.48. The third-order valence-corrected chi connectivity index (χ3v) is 5.20. The maximum absolute atomic E-state index is 12.7. The van der Waals surface area contributed by atoms with Crippen molar-refractivity contribution < 1.29 is 18.0 Å². The monoisotopic (exact) mass is 478 g/mol. The highest BCUT2D eigenvalue weighted by Crippen LogP contribution is 2.36. The normalized spacial score (nSPS) is 10.9. The fourth-order valence-electron chi connectivity index (χ4n) is 3.38. The summed E-state index contributed by atoms with van der Waals surface area (Å²) < 4.78 is 39.9. The standard InChI is InChI=1S/C16H13N3.C11H12F3NO/c1-12-5-6-13(2)14(10-12)7-8-15-11-17-16-4-3-9-18-19(15)16;1-7(2)9-4-3-8(15-6-16)5-10(9)11(12,13)14/h3-6,9-11H,1-2H3;3-7H,1-2H3,(H,15,16). The van der Waals surface area contributed by atoms with Crippen molar-refractivity contribution in [3.05, 3.63) is 94.4 Å². The van der Waals surface area contributed by atoms with E-state index >= 15 is 0 Å². The van der Waals surface area contributed by atoms with E-state index in [9.17, 15) is 18.0 Å². The van der Waals surface area contributed by atoms with E-state index in [0.29, 0.717) is 6.41 Å². The summed E-state index contributed by atoms with van der Waals surface area (Å²) in [5, 5.41) is 6.45. The number of benzene rings is 2. The van der Waals surface area contributed by atoms with Crippen molar-refractivity contribution in [2.75, 3.05) is 5.32 Å². The van der Waals surface area contributed by atoms with Crippen LogP contribution < -0.4 is 5.32 Å². The van der Waals surface area contributed by atoms with Gasteiger partial charge < -0.3 is 5.32 Å². The molecule has 0 unspecified atom stereocenters. The number of imidazole rings is 1. The van der Waals surface area contributed by atoms with Crippen LogP contribution in [0.3, 0.4) is 0 Å². The van der Waals surface area contributed by atoms with Gasteiger partial charge in [-0.25, -0.2) is 9.50 Å². The van der Waals surface area contributed by atoms with Gasteiger partial charge in [0, 0.05) is 17.4 Å². The molecule has 5 nitrogen and oxygen atoms in total. The quantitative estimate of drug-likeness (QED) is 0.284. The Morgan fingerprint density at radius 3 is 2.51 bits per heavy atom. The average molecular weight is 479 g/mol. The van der Waals surface area contributed by atoms with E-state index in [0.717, 1.165) is 23.0 Å². The van der Waals surface area contributed by atoms with E-state index in [1.807, 2.05) is 12.1 Å². The molecule has 2 aromatic carbocycles. The molecule has 0 saturated carbocycles. The topological polar surface area (TPSA) is 59.3 Å². The molecule has 0 radical (unpaired) electrons. The fourth-order valence-corrected chi connectivity index (χ4v) is 3.38. The van der Waals surface area contributed by atoms with Crippen LogP contribution in [0.25, 0.3) is 5.65 Å². The lowest BCUT2D eigenvalue weighted by Crippen LogP contribution is -2.11. The molecule has 2 aromatic heterocycles. The predicted molar refractivity (Wildman–Crippen MR) is 130 cm³/mol. The first kappa shape index (κ1) is 25.5. The van der Waals surface area contributed by atoms with Crippen molar-refractivity contribution in [2.24, 2.45) is 0 Å². The van der Waals surface area contributed by atoms with E-state index in [-0.39, 0.29) is 17.2 Å². The number of nitrogens with zero attached hydrogens (tertiary/aromatic N) is 3. The number of carbonyl (C=O) groups excluding carboxylic acids is 1. The van der Waals surface area contributed by atoms with Gasteiger partial charge in [0.25, 0.3) is 0 Å². The van der Waals surface area contributed by atoms with Gasteiger partial charge in [-0.1, -0.05) is 38.0 Å². The van der Waals surface area contributed by atoms with Gasteiger partial charge in [0.05, 0.1) is 11.8 Å². The number of amides is 1. The Hall–Kier alpha value is -4.12. The van der Waals surface area contributed by atoms with Crippen molar-refractivity contribution in [1.29, 1.82) is 0 Å². The second kappa shape index (κ2) is 10.9. The number of carbonyl (C=O) groups is 1. The highest BCUT2D eigenvalue weighted by Gasteiger charge is 2.34. The molecule has 0 saturated heterocycles. The number of hydrogen-bond acceptors (Lipinski definition) is 3. The van der Waals surface area contributed by atoms with Gasteiger partial charge >= 0.3 is 6.18 Å². The van der Waals surface area contributed by atoms with Crippen LogP contribution in [0, 0.1) is 25.7 Å². The molecule has 0 aliphatic rings. The summed E-state index contributed by atoms with van der Waals surface area (Å²) in [6, 6.07) is 13.9. The average Bonchev–Trinajstić information content (AvgIpc) is 3.23. The lowest BCUT2D eigenvalue weighted by Gasteiger charge is -2.16. The van der Waals surface area contributed by atoms with Gasteiger partial charge in [-0.3, -0.25) is 4.79 Å². The molecular weight excluding hydrogens is 453 g/mol. The lowest BCUT2D eigenvalue weighted by molar-refractivity contribution is -0.138. The zero-order valence-electron chi connectivity index (χ0n) is 19.8. The Kier molecular flexibility index (Phi) is 7.92. The number of rotatable bonds is 3. The molecule has 4 aromatic rings. The Bertz CT molecular complexity index is 1400. The lowest BCUT2D eigenvalue weighted by atomic mass is 9.96. The summed E-state index contributed by atoms with van der Waals surface area (Å²) >= 11 is 0. The minimum Gasteiger partial charge on any atom is -0.329 e. The van der Waals surface area contributed by atoms with E-state index < -0.39 is 11.7 Å². The molecule has 0 aliphatic heterocycles. The molecule has 0 bridgehead atoms. The van der Waals surface area contributed by atoms with Gasteiger partial charge in [0.2, 0.25) is 6.41 Å². The van der Waals surface area contributed by atoms with Gasteiger partial charge in [-0.15, -0.1) is 0 Å². The van der Waals surface area contributed by atoms with Crippen LogP contribution in [0.15, 0.2) is 60.9 Å². The molecule has 1 N–H and O–H groups in total. The van der Waals surface area contributed by atoms with Crippen LogP contribution in [-0.4, -0.2) is 21.0 Å². The molecule has 180 valence electrons. The first-order valence-corrected chi connectivity index (χ1v) is 10.9. The fraction of sp³-hybridized carbons (Fsp3) is 0.222. The molecular formula is C27H25F3N4O. The van der Waals surface area contributed by atoms with Crippen molar-refractivity contribution in [3.63, 3.8) is 0 Å². The maximum atomic E-state index is 12.7. The second-order valence-corrected chi connectivity index (χ2v) is 8.22. The zero-order valence-corrected chi connectivity index (χ0v) is 19.8. The number of alkyl halides is 3. The van der Waals surface area contributed by atoms with E-state index in [1.165, 1.54) is 23.3 Å². The van der Waals surface area contributed by atoms with Crippen LogP contribution in [0.2, 0.25) is 0 Å². The van der Waals surface area contributed by atoms with Crippen molar-refractivity contribution >= 4 is 17.7 Å². The summed E-state index contributed by atoms with van der Waals surface area (Å²) in [4.78, 5) is 14.4. The van der Waals surface area contributed by atoms with Crippen molar-refractivity contribution in [1.82, 2.24) is 14.6 Å². The number of hydrogen-bond donors (Lipinski definition) is 1. The SMILES string of the molecule is CC(C)c1ccc(NC=O)cc1C(F)(F)F.Cc1ccc(C)c(C#Cc2cnc3cccnn23)c1. The molecule has 0 fully saturated rings. The number of anilines is 1. The number of aromatic nitrogens is 3. The molecule has 35 heavy (non-hydrogen) atoms. The minimum atomic E-state index is -4.40. The number of aryl methyl sites for hydroxylation is 2. The Labute approximate surface area is 202 Å². The molecule has 4 rings (SSSR count). The molecule has 8 heteroatoms. The molecule has 0 atom stereocenters. The number of fused-ring (bicyclic) bond motifs is 1. The van der Waals surface area contributed by atoms with Crippen LogP contribution in [0.5, 0.6) is 0 Å². The first-order valence-electron chi connectivity index (χ1n) is 10.9. The molecule has 0 spiro atoms. The van der Waals surface area contributed by atoms with Gasteiger partial charge in [0.15, 0.2) is 5.65 Å².